The number of Topliss-reactive ketones (excluding diaryl/α,β-unsaturated/α-hetero) is 1. The normalized spacial score (nSPS) is 11.8. The van der Waals surface area contributed by atoms with Gasteiger partial charge in [0.15, 0.2) is 11.7 Å². The number of hydrogen-bond acceptors (Lipinski definition) is 4. The van der Waals surface area contributed by atoms with Crippen LogP contribution in [-0.2, 0) is 9.53 Å². The minimum atomic E-state index is -1.45. The average molecular weight is 292 g/mol. The second-order valence-electron chi connectivity index (χ2n) is 3.28. The molecule has 0 fully saturated rings. The van der Waals surface area contributed by atoms with Crippen molar-refractivity contribution < 1.29 is 18.7 Å². The first kappa shape index (κ1) is 14.6. The number of methoxy groups -OCH3 is 1. The van der Waals surface area contributed by atoms with Gasteiger partial charge in [-0.1, -0.05) is 23.2 Å². The zero-order valence-corrected chi connectivity index (χ0v) is 10.7. The summed E-state index contributed by atoms with van der Waals surface area (Å²) >= 11 is 11.2. The summed E-state index contributed by atoms with van der Waals surface area (Å²) in [4.78, 5) is 23.2. The zero-order valence-electron chi connectivity index (χ0n) is 9.17. The fraction of sp³-hybridized carbons (Fsp3) is 0.182. The number of nitrogens with one attached hydrogen (secondary N) is 1. The Kier molecular flexibility index (Phi) is 4.81. The van der Waals surface area contributed by atoms with E-state index in [1.54, 1.807) is 0 Å². The first-order chi connectivity index (χ1) is 8.42. The third-order valence-electron chi connectivity index (χ3n) is 2.18. The van der Waals surface area contributed by atoms with E-state index in [-0.39, 0.29) is 15.6 Å². The summed E-state index contributed by atoms with van der Waals surface area (Å²) in [6.07, 6.45) is 0.608. The molecule has 96 valence electrons. The van der Waals surface area contributed by atoms with Gasteiger partial charge in [0.1, 0.15) is 5.82 Å². The van der Waals surface area contributed by atoms with E-state index in [2.05, 4.69) is 4.74 Å². The van der Waals surface area contributed by atoms with Gasteiger partial charge in [0.2, 0.25) is 0 Å². The van der Waals surface area contributed by atoms with Gasteiger partial charge in [-0.2, -0.15) is 0 Å². The van der Waals surface area contributed by atoms with Crippen LogP contribution in [0.3, 0.4) is 0 Å². The largest absolute Gasteiger partial charge is 0.468 e. The number of ether oxygens (including phenoxy) is 1. The molecule has 1 atom stereocenters. The highest BCUT2D eigenvalue weighted by atomic mass is 35.5. The summed E-state index contributed by atoms with van der Waals surface area (Å²) in [5, 5.41) is 6.70. The van der Waals surface area contributed by atoms with Crippen molar-refractivity contribution in [2.45, 2.75) is 0 Å². The molecule has 0 aliphatic rings. The van der Waals surface area contributed by atoms with Crippen molar-refractivity contribution in [1.29, 1.82) is 5.41 Å². The van der Waals surface area contributed by atoms with Gasteiger partial charge in [0, 0.05) is 11.8 Å². The number of hydrogen-bond donors (Lipinski definition) is 1. The Hall–Kier alpha value is -1.46. The highest BCUT2D eigenvalue weighted by Crippen LogP contribution is 2.26. The van der Waals surface area contributed by atoms with Gasteiger partial charge in [-0.05, 0) is 12.1 Å². The Bertz CT molecular complexity index is 519. The summed E-state index contributed by atoms with van der Waals surface area (Å²) in [6.45, 7) is 0. The van der Waals surface area contributed by atoms with Gasteiger partial charge in [-0.25, -0.2) is 4.39 Å². The molecule has 1 rings (SSSR count). The molecule has 1 aromatic carbocycles. The Labute approximate surface area is 112 Å². The average Bonchev–Trinajstić information content (AvgIpc) is 2.34. The van der Waals surface area contributed by atoms with E-state index in [9.17, 15) is 14.0 Å². The zero-order chi connectivity index (χ0) is 13.9. The summed E-state index contributed by atoms with van der Waals surface area (Å²) in [7, 11) is 1.08. The third kappa shape index (κ3) is 2.86. The van der Waals surface area contributed by atoms with Crippen LogP contribution in [-0.4, -0.2) is 25.1 Å². The third-order valence-corrected chi connectivity index (χ3v) is 2.78. The fourth-order valence-electron chi connectivity index (χ4n) is 1.26. The smallest absolute Gasteiger partial charge is 0.322 e. The maximum absolute atomic E-state index is 13.3. The lowest BCUT2D eigenvalue weighted by Crippen LogP contribution is -2.26. The summed E-state index contributed by atoms with van der Waals surface area (Å²) < 4.78 is 17.6. The minimum Gasteiger partial charge on any atom is -0.468 e. The molecular formula is C11H8Cl2FNO3. The van der Waals surface area contributed by atoms with E-state index in [0.29, 0.717) is 6.21 Å². The quantitative estimate of drug-likeness (QED) is 0.305. The van der Waals surface area contributed by atoms with E-state index in [1.165, 1.54) is 0 Å². The number of halogens is 3. The molecule has 1 unspecified atom stereocenters. The van der Waals surface area contributed by atoms with Gasteiger partial charge < -0.3 is 10.1 Å². The topological polar surface area (TPSA) is 67.2 Å². The molecule has 0 saturated heterocycles. The molecule has 0 aromatic heterocycles. The molecule has 0 heterocycles. The maximum Gasteiger partial charge on any atom is 0.322 e. The van der Waals surface area contributed by atoms with Crippen molar-refractivity contribution in [1.82, 2.24) is 0 Å². The molecule has 1 aromatic rings. The van der Waals surface area contributed by atoms with Gasteiger partial charge in [0.25, 0.3) is 0 Å². The first-order valence-corrected chi connectivity index (χ1v) is 5.45. The summed E-state index contributed by atoms with van der Waals surface area (Å²) in [5.74, 6) is -4.02. The van der Waals surface area contributed by atoms with Crippen LogP contribution in [0.1, 0.15) is 10.4 Å². The maximum atomic E-state index is 13.3. The van der Waals surface area contributed by atoms with Gasteiger partial charge >= 0.3 is 5.97 Å². The molecule has 18 heavy (non-hydrogen) atoms. The lowest BCUT2D eigenvalue weighted by molar-refractivity contribution is -0.141. The van der Waals surface area contributed by atoms with E-state index in [0.717, 1.165) is 19.2 Å². The molecule has 0 aliphatic carbocycles. The molecule has 0 saturated carbocycles. The molecule has 1 N–H and O–H groups in total. The van der Waals surface area contributed by atoms with Crippen LogP contribution in [0.5, 0.6) is 0 Å². The van der Waals surface area contributed by atoms with Gasteiger partial charge in [0.05, 0.1) is 17.2 Å². The number of ketones is 1. The van der Waals surface area contributed by atoms with Crippen LogP contribution in [0.25, 0.3) is 0 Å². The van der Waals surface area contributed by atoms with E-state index >= 15 is 0 Å². The van der Waals surface area contributed by atoms with E-state index < -0.39 is 23.5 Å². The minimum absolute atomic E-state index is 0.0952. The SMILES string of the molecule is COC(=O)C(C=N)C(=O)c1cc(F)c(Cl)cc1Cl. The highest BCUT2D eigenvalue weighted by molar-refractivity contribution is 6.37. The lowest BCUT2D eigenvalue weighted by atomic mass is 9.98. The number of carbonyl (C=O) groups excluding carboxylic acids is 2. The van der Waals surface area contributed by atoms with Crippen LogP contribution < -0.4 is 0 Å². The Balaban J connectivity index is 3.21. The predicted molar refractivity (Wildman–Crippen MR) is 65.0 cm³/mol. The number of carbonyl (C=O) groups is 2. The second kappa shape index (κ2) is 5.93. The first-order valence-electron chi connectivity index (χ1n) is 4.69. The van der Waals surface area contributed by atoms with Crippen LogP contribution in [0, 0.1) is 17.1 Å². The highest BCUT2D eigenvalue weighted by Gasteiger charge is 2.28. The van der Waals surface area contributed by atoms with Crippen LogP contribution in [0.4, 0.5) is 4.39 Å². The monoisotopic (exact) mass is 291 g/mol. The lowest BCUT2D eigenvalue weighted by Gasteiger charge is -2.10. The molecule has 0 amide bonds. The van der Waals surface area contributed by atoms with Crippen LogP contribution in [0.2, 0.25) is 10.0 Å². The van der Waals surface area contributed by atoms with Crippen molar-refractivity contribution in [2.24, 2.45) is 5.92 Å². The predicted octanol–water partition coefficient (Wildman–Crippen LogP) is 2.75. The molecule has 7 heteroatoms. The van der Waals surface area contributed by atoms with Crippen molar-refractivity contribution in [3.8, 4) is 0 Å². The molecule has 0 bridgehead atoms. The fourth-order valence-corrected chi connectivity index (χ4v) is 1.73. The summed E-state index contributed by atoms with van der Waals surface area (Å²) in [6, 6.07) is 1.89. The molecule has 0 spiro atoms. The number of benzene rings is 1. The molecular weight excluding hydrogens is 284 g/mol. The van der Waals surface area contributed by atoms with E-state index in [4.69, 9.17) is 28.6 Å². The number of rotatable bonds is 4. The second-order valence-corrected chi connectivity index (χ2v) is 4.09. The Morgan fingerprint density at radius 3 is 2.50 bits per heavy atom. The van der Waals surface area contributed by atoms with Gasteiger partial charge in [-0.3, -0.25) is 9.59 Å². The molecule has 4 nitrogen and oxygen atoms in total. The number of esters is 1. The standard InChI is InChI=1S/C11H8Cl2FNO3/c1-18-11(17)6(4-15)10(16)5-2-9(14)8(13)3-7(5)12/h2-4,6,15H,1H3. The summed E-state index contributed by atoms with van der Waals surface area (Å²) in [5.41, 5.74) is -0.225. The van der Waals surface area contributed by atoms with E-state index in [1.807, 2.05) is 0 Å². The van der Waals surface area contributed by atoms with Crippen LogP contribution in [0.15, 0.2) is 12.1 Å². The molecule has 0 aliphatic heterocycles. The van der Waals surface area contributed by atoms with Crippen molar-refractivity contribution >= 4 is 41.2 Å². The van der Waals surface area contributed by atoms with Crippen LogP contribution >= 0.6 is 23.2 Å². The van der Waals surface area contributed by atoms with Crippen molar-refractivity contribution in [3.05, 3.63) is 33.6 Å². The van der Waals surface area contributed by atoms with Crippen molar-refractivity contribution in [3.63, 3.8) is 0 Å². The van der Waals surface area contributed by atoms with Crippen molar-refractivity contribution in [2.75, 3.05) is 7.11 Å². The van der Waals surface area contributed by atoms with Gasteiger partial charge in [-0.15, -0.1) is 0 Å². The Morgan fingerprint density at radius 2 is 2.00 bits per heavy atom. The Morgan fingerprint density at radius 1 is 1.39 bits per heavy atom. The molecule has 0 radical (unpaired) electrons.